The fraction of sp³-hybridized carbons (Fsp3) is 0.471. The Hall–Kier alpha value is 1.33. The van der Waals surface area contributed by atoms with Crippen molar-refractivity contribution in [3.8, 4) is 0 Å². The number of halogens is 2. The van der Waals surface area contributed by atoms with Gasteiger partial charge >= 0.3 is 49.7 Å². The maximum Gasteiger partial charge on any atom is -0.0809 e. The van der Waals surface area contributed by atoms with E-state index in [1.165, 1.54) is 36.5 Å². The summed E-state index contributed by atoms with van der Waals surface area (Å²) in [5.74, 6) is 0. The van der Waals surface area contributed by atoms with Crippen LogP contribution in [-0.2, 0) is 10.5 Å². The molecule has 0 aromatic heterocycles. The van der Waals surface area contributed by atoms with Crippen molar-refractivity contribution in [2.24, 2.45) is 0 Å². The molecule has 0 bridgehead atoms. The van der Waals surface area contributed by atoms with Gasteiger partial charge in [-0.25, -0.2) is 0 Å². The van der Waals surface area contributed by atoms with Gasteiger partial charge in [0.15, 0.2) is 0 Å². The Morgan fingerprint density at radius 3 is 2.09 bits per heavy atom. The molecule has 2 rings (SSSR count). The molecule has 0 aliphatic carbocycles. The van der Waals surface area contributed by atoms with Crippen molar-refractivity contribution in [3.63, 3.8) is 0 Å². The minimum Gasteiger partial charge on any atom is -0.168 e. The third-order valence-electron chi connectivity index (χ3n) is 3.09. The molecule has 0 fully saturated rings. The number of rotatable bonds is 6. The Balaban J connectivity index is 0.000000341. The summed E-state index contributed by atoms with van der Waals surface area (Å²) in [5, 5.41) is 2.66. The summed E-state index contributed by atoms with van der Waals surface area (Å²) >= 11 is 4.80. The van der Waals surface area contributed by atoms with Gasteiger partial charge in [0.1, 0.15) is 0 Å². The third-order valence-corrected chi connectivity index (χ3v) is 4.75. The van der Waals surface area contributed by atoms with Crippen LogP contribution in [0.1, 0.15) is 39.5 Å². The molecule has 0 heterocycles. The number of fused-ring (bicyclic) bond motifs is 1. The van der Waals surface area contributed by atoms with Crippen molar-refractivity contribution in [2.45, 2.75) is 39.5 Å². The monoisotopic (exact) mass is 724 g/mol. The van der Waals surface area contributed by atoms with E-state index in [4.69, 9.17) is 0 Å². The molecule has 0 aliphatic rings. The zero-order valence-corrected chi connectivity index (χ0v) is 20.9. The Morgan fingerprint density at radius 2 is 1.59 bits per heavy atom. The van der Waals surface area contributed by atoms with E-state index in [0.29, 0.717) is 10.5 Å². The van der Waals surface area contributed by atoms with E-state index in [1.54, 1.807) is 0 Å². The average Bonchev–Trinajstić information content (AvgIpc) is 3.01. The molecule has 0 radical (unpaired) electrons. The molecule has 0 unspecified atom stereocenters. The largest absolute Gasteiger partial charge is 0.168 e. The number of hydrogen-bond donors (Lipinski definition) is 1. The maximum absolute atomic E-state index is 9.38. The van der Waals surface area contributed by atoms with Crippen LogP contribution in [0.3, 0.4) is 0 Å². The molecule has 1 nitrogen and oxygen atoms in total. The summed E-state index contributed by atoms with van der Waals surface area (Å²) in [4.78, 5) is 9.38. The van der Waals surface area contributed by atoms with Crippen molar-refractivity contribution in [3.05, 3.63) is 42.5 Å². The smallest absolute Gasteiger partial charge is 0.0809 e. The molecule has 0 aliphatic heterocycles. The summed E-state index contributed by atoms with van der Waals surface area (Å²) in [6, 6.07) is 14.7. The SMILES string of the molecule is CCCCP(O)CCCC.[I][Ir+][I].c1ccc2[cH-]ccc2c1. The molecule has 2 aromatic carbocycles. The molecule has 0 spiro atoms. The van der Waals surface area contributed by atoms with Crippen LogP contribution in [-0.4, -0.2) is 17.2 Å². The molecule has 0 amide bonds. The van der Waals surface area contributed by atoms with Crippen molar-refractivity contribution in [1.82, 2.24) is 0 Å². The number of hydrogen-bond acceptors (Lipinski definition) is 1. The van der Waals surface area contributed by atoms with E-state index in [1.807, 2.05) is 0 Å². The molecular weight excluding hydrogens is 697 g/mol. The van der Waals surface area contributed by atoms with Crippen LogP contribution in [0.5, 0.6) is 0 Å². The Labute approximate surface area is 166 Å². The number of benzene rings is 1. The molecule has 5 heteroatoms. The molecule has 0 saturated carbocycles. The van der Waals surface area contributed by atoms with Gasteiger partial charge < -0.3 is 4.89 Å². The van der Waals surface area contributed by atoms with Gasteiger partial charge in [-0.1, -0.05) is 32.8 Å². The van der Waals surface area contributed by atoms with Crippen LogP contribution in [0, 0.1) is 0 Å². The summed E-state index contributed by atoms with van der Waals surface area (Å²) in [5.41, 5.74) is 0. The first kappa shape index (κ1) is 23.3. The Morgan fingerprint density at radius 1 is 1.05 bits per heavy atom. The van der Waals surface area contributed by atoms with Gasteiger partial charge in [-0.2, -0.15) is 17.5 Å². The standard InChI is InChI=1S/C9H7.C8H19OP.2HI.Ir/c1-2-5-9-7-3-6-8(9)4-1;1-3-5-7-10(9)8-6-4-2;;;/h1-7H;9H,3-8H2,1-2H3;2*1H;/q-1;;;;+3/p-2. The van der Waals surface area contributed by atoms with Crippen LogP contribution in [0.15, 0.2) is 42.5 Å². The predicted octanol–water partition coefficient (Wildman–Crippen LogP) is 7.30. The normalized spacial score (nSPS) is 10.1. The van der Waals surface area contributed by atoms with E-state index in [2.05, 4.69) is 95.5 Å². The Kier molecular flexibility index (Phi) is 18.2. The van der Waals surface area contributed by atoms with Crippen LogP contribution in [0.25, 0.3) is 10.8 Å². The van der Waals surface area contributed by atoms with Gasteiger partial charge in [-0.15, -0.1) is 29.7 Å². The second kappa shape index (κ2) is 17.2. The molecule has 2 aromatic rings. The maximum atomic E-state index is 9.38. The predicted molar refractivity (Wildman–Crippen MR) is 116 cm³/mol. The van der Waals surface area contributed by atoms with Gasteiger partial charge in [-0.05, 0) is 25.2 Å². The summed E-state index contributed by atoms with van der Waals surface area (Å²) in [6.45, 7) is 4.34. The number of unbranched alkanes of at least 4 members (excludes halogenated alkanes) is 2. The first-order valence-corrected chi connectivity index (χ1v) is 22.8. The van der Waals surface area contributed by atoms with Gasteiger partial charge in [0, 0.05) is 8.15 Å². The second-order valence-corrected chi connectivity index (χ2v) is 24.3. The van der Waals surface area contributed by atoms with E-state index in [9.17, 15) is 4.89 Å². The van der Waals surface area contributed by atoms with Crippen LogP contribution < -0.4 is 0 Å². The minimum atomic E-state index is -0.592. The zero-order chi connectivity index (χ0) is 16.6. The van der Waals surface area contributed by atoms with Gasteiger partial charge in [0.05, 0.1) is 0 Å². The van der Waals surface area contributed by atoms with E-state index in [0.717, 1.165) is 12.3 Å². The molecule has 22 heavy (non-hydrogen) atoms. The molecule has 0 saturated heterocycles. The molecule has 1 N–H and O–H groups in total. The molecule has 128 valence electrons. The van der Waals surface area contributed by atoms with Crippen molar-refractivity contribution >= 4 is 58.1 Å². The van der Waals surface area contributed by atoms with Gasteiger partial charge in [-0.3, -0.25) is 0 Å². The fourth-order valence-corrected chi connectivity index (χ4v) is 3.45. The van der Waals surface area contributed by atoms with Crippen LogP contribution in [0.4, 0.5) is 0 Å². The van der Waals surface area contributed by atoms with Crippen molar-refractivity contribution in [1.29, 1.82) is 0 Å². The van der Waals surface area contributed by atoms with E-state index in [-0.39, 0.29) is 0 Å². The third kappa shape index (κ3) is 12.7. The Bertz CT molecular complexity index is 426. The fourth-order valence-electron chi connectivity index (χ4n) is 1.86. The summed E-state index contributed by atoms with van der Waals surface area (Å²) in [7, 11) is -0.152. The van der Waals surface area contributed by atoms with Crippen LogP contribution >= 0.6 is 47.3 Å². The zero-order valence-electron chi connectivity index (χ0n) is 13.3. The summed E-state index contributed by atoms with van der Waals surface area (Å²) < 4.78 is 0. The first-order chi connectivity index (χ1) is 10.7. The van der Waals surface area contributed by atoms with Gasteiger partial charge in [0.2, 0.25) is 0 Å². The van der Waals surface area contributed by atoms with E-state index < -0.39 is 8.15 Å². The molecule has 0 atom stereocenters. The summed E-state index contributed by atoms with van der Waals surface area (Å²) in [6.07, 6.45) is 6.95. The second-order valence-electron chi connectivity index (χ2n) is 4.86. The molecular formula is C17H26I2IrOP. The van der Waals surface area contributed by atoms with E-state index >= 15 is 0 Å². The first-order valence-electron chi connectivity index (χ1n) is 7.57. The van der Waals surface area contributed by atoms with Crippen molar-refractivity contribution < 1.29 is 15.4 Å². The topological polar surface area (TPSA) is 20.2 Å². The van der Waals surface area contributed by atoms with Gasteiger partial charge in [0.25, 0.3) is 0 Å². The quantitative estimate of drug-likeness (QED) is 0.189. The minimum absolute atomic E-state index is 0.440. The average molecular weight is 723 g/mol. The van der Waals surface area contributed by atoms with Crippen molar-refractivity contribution in [2.75, 3.05) is 12.3 Å². The van der Waals surface area contributed by atoms with Crippen LogP contribution in [0.2, 0.25) is 0 Å².